The fourth-order valence-electron chi connectivity index (χ4n) is 2.11. The summed E-state index contributed by atoms with van der Waals surface area (Å²) in [6.45, 7) is 0.429. The number of nitriles is 1. The Morgan fingerprint density at radius 3 is 2.88 bits per heavy atom. The predicted octanol–water partition coefficient (Wildman–Crippen LogP) is 1.98. The first-order valence-electron chi connectivity index (χ1n) is 5.47. The van der Waals surface area contributed by atoms with Gasteiger partial charge in [0.1, 0.15) is 5.41 Å². The third kappa shape index (κ3) is 1.94. The second-order valence-corrected chi connectivity index (χ2v) is 4.22. The summed E-state index contributed by atoms with van der Waals surface area (Å²) in [6, 6.07) is 3.97. The maximum atomic E-state index is 11.9. The highest BCUT2D eigenvalue weighted by atomic mass is 16.3. The fraction of sp³-hybridized carbons (Fsp3) is 0.500. The van der Waals surface area contributed by atoms with Gasteiger partial charge >= 0.3 is 0 Å². The summed E-state index contributed by atoms with van der Waals surface area (Å²) in [5, 5.41) is 11.9. The third-order valence-electron chi connectivity index (χ3n) is 3.14. The molecular weight excluding hydrogens is 204 g/mol. The van der Waals surface area contributed by atoms with Crippen LogP contribution in [-0.2, 0) is 11.3 Å². The molecule has 0 aliphatic heterocycles. The van der Waals surface area contributed by atoms with Crippen molar-refractivity contribution in [3.8, 4) is 6.07 Å². The Kier molecular flexibility index (Phi) is 2.95. The quantitative estimate of drug-likeness (QED) is 0.843. The van der Waals surface area contributed by atoms with Crippen molar-refractivity contribution in [3.63, 3.8) is 0 Å². The Bertz CT molecular complexity index is 397. The Morgan fingerprint density at radius 1 is 1.56 bits per heavy atom. The van der Waals surface area contributed by atoms with E-state index in [4.69, 9.17) is 9.68 Å². The molecule has 4 heteroatoms. The van der Waals surface area contributed by atoms with Gasteiger partial charge in [0.05, 0.1) is 18.6 Å². The van der Waals surface area contributed by atoms with Crippen molar-refractivity contribution in [2.24, 2.45) is 5.41 Å². The molecule has 0 saturated heterocycles. The summed E-state index contributed by atoms with van der Waals surface area (Å²) in [5.74, 6) is -0.145. The second kappa shape index (κ2) is 4.40. The number of rotatable bonds is 3. The minimum absolute atomic E-state index is 0.145. The van der Waals surface area contributed by atoms with Crippen LogP contribution < -0.4 is 5.32 Å². The van der Waals surface area contributed by atoms with Gasteiger partial charge in [-0.15, -0.1) is 0 Å². The summed E-state index contributed by atoms with van der Waals surface area (Å²) >= 11 is 0. The van der Waals surface area contributed by atoms with Crippen LogP contribution in [0.5, 0.6) is 0 Å². The number of nitrogens with zero attached hydrogens (tertiary/aromatic N) is 1. The summed E-state index contributed by atoms with van der Waals surface area (Å²) < 4.78 is 4.91. The molecule has 0 aromatic carbocycles. The molecule has 16 heavy (non-hydrogen) atoms. The van der Waals surface area contributed by atoms with Crippen molar-refractivity contribution in [2.75, 3.05) is 0 Å². The van der Waals surface area contributed by atoms with E-state index in [0.29, 0.717) is 19.4 Å². The van der Waals surface area contributed by atoms with E-state index in [-0.39, 0.29) is 5.91 Å². The highest BCUT2D eigenvalue weighted by Gasteiger charge is 2.41. The minimum Gasteiger partial charge on any atom is -0.472 e. The monoisotopic (exact) mass is 218 g/mol. The summed E-state index contributed by atoms with van der Waals surface area (Å²) in [7, 11) is 0. The van der Waals surface area contributed by atoms with Crippen molar-refractivity contribution in [3.05, 3.63) is 24.2 Å². The fourth-order valence-corrected chi connectivity index (χ4v) is 2.11. The van der Waals surface area contributed by atoms with E-state index < -0.39 is 5.41 Å². The van der Waals surface area contributed by atoms with E-state index in [1.165, 1.54) is 0 Å². The Morgan fingerprint density at radius 2 is 2.31 bits per heavy atom. The number of hydrogen-bond acceptors (Lipinski definition) is 3. The van der Waals surface area contributed by atoms with Crippen molar-refractivity contribution in [1.82, 2.24) is 5.32 Å². The zero-order chi connectivity index (χ0) is 11.4. The summed E-state index contributed by atoms with van der Waals surface area (Å²) in [5.41, 5.74) is 0.128. The number of hydrogen-bond donors (Lipinski definition) is 1. The van der Waals surface area contributed by atoms with Crippen molar-refractivity contribution in [2.45, 2.75) is 32.2 Å². The van der Waals surface area contributed by atoms with E-state index in [2.05, 4.69) is 11.4 Å². The topological polar surface area (TPSA) is 66.0 Å². The SMILES string of the molecule is N#CC1(C(=O)NCc2ccoc2)CCCC1. The Hall–Kier alpha value is -1.76. The molecule has 1 aromatic heterocycles. The predicted molar refractivity (Wildman–Crippen MR) is 57.1 cm³/mol. The van der Waals surface area contributed by atoms with Crippen molar-refractivity contribution in [1.29, 1.82) is 5.26 Å². The van der Waals surface area contributed by atoms with E-state index >= 15 is 0 Å². The zero-order valence-corrected chi connectivity index (χ0v) is 9.03. The first kappa shape index (κ1) is 10.7. The Labute approximate surface area is 94.2 Å². The molecule has 1 aromatic rings. The second-order valence-electron chi connectivity index (χ2n) is 4.22. The van der Waals surface area contributed by atoms with Gasteiger partial charge in [0.15, 0.2) is 0 Å². The molecule has 1 amide bonds. The maximum absolute atomic E-state index is 11.9. The number of amides is 1. The molecule has 0 radical (unpaired) electrons. The molecule has 4 nitrogen and oxygen atoms in total. The van der Waals surface area contributed by atoms with Crippen LogP contribution >= 0.6 is 0 Å². The van der Waals surface area contributed by atoms with Crippen LogP contribution in [0.3, 0.4) is 0 Å². The molecule has 2 rings (SSSR count). The lowest BCUT2D eigenvalue weighted by Crippen LogP contribution is -2.37. The molecule has 1 heterocycles. The molecule has 1 saturated carbocycles. The first-order valence-corrected chi connectivity index (χ1v) is 5.47. The first-order chi connectivity index (χ1) is 7.77. The lowest BCUT2D eigenvalue weighted by atomic mass is 9.87. The Balaban J connectivity index is 1.95. The molecular formula is C12H14N2O2. The molecule has 1 aliphatic carbocycles. The summed E-state index contributed by atoms with van der Waals surface area (Å²) in [4.78, 5) is 11.9. The largest absolute Gasteiger partial charge is 0.472 e. The molecule has 1 fully saturated rings. The molecule has 1 N–H and O–H groups in total. The summed E-state index contributed by atoms with van der Waals surface area (Å²) in [6.07, 6.45) is 6.45. The van der Waals surface area contributed by atoms with Crippen LogP contribution in [0.25, 0.3) is 0 Å². The van der Waals surface area contributed by atoms with Crippen LogP contribution in [0, 0.1) is 16.7 Å². The third-order valence-corrected chi connectivity index (χ3v) is 3.14. The normalized spacial score (nSPS) is 17.9. The van der Waals surface area contributed by atoms with Gasteiger partial charge in [-0.1, -0.05) is 12.8 Å². The number of furan rings is 1. The van der Waals surface area contributed by atoms with Gasteiger partial charge in [-0.3, -0.25) is 4.79 Å². The lowest BCUT2D eigenvalue weighted by Gasteiger charge is -2.18. The highest BCUT2D eigenvalue weighted by Crippen LogP contribution is 2.37. The molecule has 0 bridgehead atoms. The molecule has 1 aliphatic rings. The lowest BCUT2D eigenvalue weighted by molar-refractivity contribution is -0.128. The van der Waals surface area contributed by atoms with E-state index in [0.717, 1.165) is 18.4 Å². The van der Waals surface area contributed by atoms with Crippen molar-refractivity contribution >= 4 is 5.91 Å². The zero-order valence-electron chi connectivity index (χ0n) is 9.03. The maximum Gasteiger partial charge on any atom is 0.240 e. The number of carbonyl (C=O) groups is 1. The van der Waals surface area contributed by atoms with Gasteiger partial charge in [-0.05, 0) is 18.9 Å². The average Bonchev–Trinajstić information content (AvgIpc) is 2.97. The van der Waals surface area contributed by atoms with Gasteiger partial charge in [0.25, 0.3) is 0 Å². The van der Waals surface area contributed by atoms with Crippen LogP contribution in [-0.4, -0.2) is 5.91 Å². The number of nitrogens with one attached hydrogen (secondary N) is 1. The van der Waals surface area contributed by atoms with Gasteiger partial charge in [0.2, 0.25) is 5.91 Å². The van der Waals surface area contributed by atoms with Gasteiger partial charge in [-0.2, -0.15) is 5.26 Å². The highest BCUT2D eigenvalue weighted by molar-refractivity contribution is 5.85. The van der Waals surface area contributed by atoms with Crippen LogP contribution in [0.2, 0.25) is 0 Å². The van der Waals surface area contributed by atoms with Gasteiger partial charge in [-0.25, -0.2) is 0 Å². The molecule has 84 valence electrons. The van der Waals surface area contributed by atoms with Gasteiger partial charge in [0, 0.05) is 12.1 Å². The molecule has 0 spiro atoms. The van der Waals surface area contributed by atoms with E-state index in [1.807, 2.05) is 0 Å². The van der Waals surface area contributed by atoms with Gasteiger partial charge < -0.3 is 9.73 Å². The molecule has 0 unspecified atom stereocenters. The van der Waals surface area contributed by atoms with Crippen LogP contribution in [0.15, 0.2) is 23.0 Å². The minimum atomic E-state index is -0.788. The van der Waals surface area contributed by atoms with E-state index in [9.17, 15) is 4.79 Å². The van der Waals surface area contributed by atoms with Crippen LogP contribution in [0.4, 0.5) is 0 Å². The average molecular weight is 218 g/mol. The standard InChI is InChI=1S/C12H14N2O2/c13-9-12(4-1-2-5-12)11(15)14-7-10-3-6-16-8-10/h3,6,8H,1-2,4-5,7H2,(H,14,15). The number of carbonyl (C=O) groups excluding carboxylic acids is 1. The van der Waals surface area contributed by atoms with Crippen LogP contribution in [0.1, 0.15) is 31.2 Å². The van der Waals surface area contributed by atoms with E-state index in [1.54, 1.807) is 18.6 Å². The van der Waals surface area contributed by atoms with Crippen molar-refractivity contribution < 1.29 is 9.21 Å². The smallest absolute Gasteiger partial charge is 0.240 e. The molecule has 0 atom stereocenters.